The Morgan fingerprint density at radius 1 is 1.18 bits per heavy atom. The van der Waals surface area contributed by atoms with Gasteiger partial charge in [-0.15, -0.1) is 0 Å². The first kappa shape index (κ1) is 18.1. The minimum absolute atomic E-state index is 0.110. The molecule has 0 unspecified atom stereocenters. The van der Waals surface area contributed by atoms with Gasteiger partial charge in [0.1, 0.15) is 12.4 Å². The maximum atomic E-state index is 12.6. The number of amides is 1. The Morgan fingerprint density at radius 2 is 2.00 bits per heavy atom. The van der Waals surface area contributed by atoms with E-state index in [1.54, 1.807) is 18.3 Å². The van der Waals surface area contributed by atoms with Crippen molar-refractivity contribution in [3.05, 3.63) is 58.8 Å². The van der Waals surface area contributed by atoms with Gasteiger partial charge in [-0.1, -0.05) is 12.1 Å². The molecule has 1 amide bonds. The van der Waals surface area contributed by atoms with Crippen LogP contribution in [0.25, 0.3) is 10.9 Å². The average Bonchev–Trinajstić information content (AvgIpc) is 2.72. The summed E-state index contributed by atoms with van der Waals surface area (Å²) >= 11 is 0. The summed E-state index contributed by atoms with van der Waals surface area (Å²) < 4.78 is 6.65. The smallest absolute Gasteiger partial charge is 0.261 e. The van der Waals surface area contributed by atoms with Crippen LogP contribution in [0.2, 0.25) is 0 Å². The number of carbonyl (C=O) groups excluding carboxylic acids is 1. The van der Waals surface area contributed by atoms with Crippen molar-refractivity contribution in [1.29, 1.82) is 0 Å². The number of pyridine rings is 1. The van der Waals surface area contributed by atoms with Gasteiger partial charge in [0.2, 0.25) is 5.91 Å². The lowest BCUT2D eigenvalue weighted by molar-refractivity contribution is -0.116. The molecule has 0 aliphatic carbocycles. The number of ether oxygens (including phenoxy) is 1. The second kappa shape index (κ2) is 7.77. The van der Waals surface area contributed by atoms with E-state index in [0.717, 1.165) is 24.5 Å². The van der Waals surface area contributed by atoms with Gasteiger partial charge in [0.15, 0.2) is 0 Å². The minimum atomic E-state index is -0.308. The predicted octanol–water partition coefficient (Wildman–Crippen LogP) is 1.58. The van der Waals surface area contributed by atoms with Gasteiger partial charge in [0.25, 0.3) is 5.56 Å². The van der Waals surface area contributed by atoms with Gasteiger partial charge in [-0.2, -0.15) is 0 Å². The molecule has 3 aromatic rings. The fraction of sp³-hybridized carbons (Fsp3) is 0.300. The molecule has 8 heteroatoms. The Balaban J connectivity index is 1.45. The largest absolute Gasteiger partial charge is 0.378 e. The molecule has 0 atom stereocenters. The van der Waals surface area contributed by atoms with E-state index < -0.39 is 0 Å². The van der Waals surface area contributed by atoms with Crippen LogP contribution in [0.4, 0.5) is 11.5 Å². The quantitative estimate of drug-likeness (QED) is 0.740. The summed E-state index contributed by atoms with van der Waals surface area (Å²) in [6.07, 6.45) is 3.03. The molecule has 3 heterocycles. The van der Waals surface area contributed by atoms with Gasteiger partial charge >= 0.3 is 0 Å². The molecule has 1 aromatic carbocycles. The number of carbonyl (C=O) groups is 1. The van der Waals surface area contributed by atoms with Crippen molar-refractivity contribution in [3.8, 4) is 0 Å². The second-order valence-corrected chi connectivity index (χ2v) is 6.70. The van der Waals surface area contributed by atoms with Gasteiger partial charge in [0.05, 0.1) is 42.3 Å². The Labute approximate surface area is 161 Å². The van der Waals surface area contributed by atoms with Gasteiger partial charge < -0.3 is 15.0 Å². The van der Waals surface area contributed by atoms with Crippen LogP contribution in [0, 0.1) is 6.92 Å². The maximum Gasteiger partial charge on any atom is 0.261 e. The molecule has 0 spiro atoms. The molecule has 0 saturated carbocycles. The summed E-state index contributed by atoms with van der Waals surface area (Å²) in [5.41, 5.74) is 1.94. The van der Waals surface area contributed by atoms with Crippen molar-refractivity contribution < 1.29 is 9.53 Å². The Bertz CT molecular complexity index is 1060. The lowest BCUT2D eigenvalue weighted by Gasteiger charge is -2.27. The zero-order valence-corrected chi connectivity index (χ0v) is 15.6. The van der Waals surface area contributed by atoms with Crippen LogP contribution in [0.15, 0.2) is 47.7 Å². The number of morpholine rings is 1. The number of para-hydroxylation sites is 1. The van der Waals surface area contributed by atoms with E-state index in [0.29, 0.717) is 29.8 Å². The number of nitrogens with zero attached hydrogens (tertiary/aromatic N) is 4. The molecule has 1 N–H and O–H groups in total. The van der Waals surface area contributed by atoms with E-state index in [-0.39, 0.29) is 18.0 Å². The molecule has 8 nitrogen and oxygen atoms in total. The monoisotopic (exact) mass is 379 g/mol. The number of nitrogens with one attached hydrogen (secondary N) is 1. The highest BCUT2D eigenvalue weighted by atomic mass is 16.5. The first-order valence-electron chi connectivity index (χ1n) is 9.15. The van der Waals surface area contributed by atoms with Gasteiger partial charge in [0, 0.05) is 13.1 Å². The summed E-state index contributed by atoms with van der Waals surface area (Å²) in [7, 11) is 0. The van der Waals surface area contributed by atoms with Crippen LogP contribution in [0.1, 0.15) is 5.56 Å². The zero-order valence-electron chi connectivity index (χ0n) is 15.6. The van der Waals surface area contributed by atoms with E-state index in [2.05, 4.69) is 20.2 Å². The molecular weight excluding hydrogens is 358 g/mol. The van der Waals surface area contributed by atoms with Crippen molar-refractivity contribution in [2.75, 3.05) is 36.5 Å². The molecule has 0 bridgehead atoms. The van der Waals surface area contributed by atoms with Gasteiger partial charge in [-0.25, -0.2) is 9.97 Å². The third kappa shape index (κ3) is 3.72. The van der Waals surface area contributed by atoms with Crippen molar-refractivity contribution in [3.63, 3.8) is 0 Å². The summed E-state index contributed by atoms with van der Waals surface area (Å²) in [5, 5.41) is 3.28. The van der Waals surface area contributed by atoms with Gasteiger partial charge in [-0.05, 0) is 30.7 Å². The first-order valence-corrected chi connectivity index (χ1v) is 9.15. The first-order chi connectivity index (χ1) is 13.6. The number of anilines is 2. The molecular formula is C20H21N5O3. The number of hydrogen-bond donors (Lipinski definition) is 1. The molecule has 144 valence electrons. The van der Waals surface area contributed by atoms with Crippen molar-refractivity contribution in [1.82, 2.24) is 14.5 Å². The van der Waals surface area contributed by atoms with Crippen LogP contribution in [0.3, 0.4) is 0 Å². The van der Waals surface area contributed by atoms with Crippen molar-refractivity contribution in [2.24, 2.45) is 0 Å². The van der Waals surface area contributed by atoms with Crippen LogP contribution in [-0.4, -0.2) is 46.7 Å². The van der Waals surface area contributed by atoms with E-state index >= 15 is 0 Å². The molecule has 1 saturated heterocycles. The second-order valence-electron chi connectivity index (χ2n) is 6.70. The molecule has 1 aliphatic rings. The number of fused-ring (bicyclic) bond motifs is 1. The van der Waals surface area contributed by atoms with Crippen LogP contribution in [0.5, 0.6) is 0 Å². The SMILES string of the molecule is Cc1cccc2c(=O)n(CC(=O)Nc3ccc(N4CCOCC4)nc3)cnc12. The van der Waals surface area contributed by atoms with E-state index in [4.69, 9.17) is 4.74 Å². The predicted molar refractivity (Wildman–Crippen MR) is 107 cm³/mol. The summed E-state index contributed by atoms with van der Waals surface area (Å²) in [6.45, 7) is 4.77. The van der Waals surface area contributed by atoms with E-state index in [1.165, 1.54) is 10.9 Å². The highest BCUT2D eigenvalue weighted by Gasteiger charge is 2.13. The minimum Gasteiger partial charge on any atom is -0.378 e. The van der Waals surface area contributed by atoms with Crippen LogP contribution in [-0.2, 0) is 16.1 Å². The average molecular weight is 379 g/mol. The summed E-state index contributed by atoms with van der Waals surface area (Å²) in [5.74, 6) is 0.545. The number of aromatic nitrogens is 3. The van der Waals surface area contributed by atoms with E-state index in [1.807, 2.05) is 25.1 Å². The molecule has 28 heavy (non-hydrogen) atoms. The zero-order chi connectivity index (χ0) is 19.5. The van der Waals surface area contributed by atoms with Crippen LogP contribution >= 0.6 is 0 Å². The highest BCUT2D eigenvalue weighted by molar-refractivity contribution is 5.90. The highest BCUT2D eigenvalue weighted by Crippen LogP contribution is 2.15. The number of hydrogen-bond acceptors (Lipinski definition) is 6. The molecule has 0 radical (unpaired) electrons. The summed E-state index contributed by atoms with van der Waals surface area (Å²) in [4.78, 5) is 35.8. The van der Waals surface area contributed by atoms with Crippen molar-refractivity contribution in [2.45, 2.75) is 13.5 Å². The number of rotatable bonds is 4. The topological polar surface area (TPSA) is 89.4 Å². The Kier molecular flexibility index (Phi) is 5.03. The lowest BCUT2D eigenvalue weighted by atomic mass is 10.1. The fourth-order valence-corrected chi connectivity index (χ4v) is 3.24. The van der Waals surface area contributed by atoms with E-state index in [9.17, 15) is 9.59 Å². The lowest BCUT2D eigenvalue weighted by Crippen LogP contribution is -2.36. The fourth-order valence-electron chi connectivity index (χ4n) is 3.24. The molecule has 1 fully saturated rings. The Morgan fingerprint density at radius 3 is 2.75 bits per heavy atom. The third-order valence-corrected chi connectivity index (χ3v) is 4.74. The molecule has 1 aliphatic heterocycles. The van der Waals surface area contributed by atoms with Crippen molar-refractivity contribution >= 4 is 28.3 Å². The van der Waals surface area contributed by atoms with Crippen LogP contribution < -0.4 is 15.8 Å². The molecule has 2 aromatic heterocycles. The summed E-state index contributed by atoms with van der Waals surface area (Å²) in [6, 6.07) is 9.11. The molecule has 4 rings (SSSR count). The normalized spacial score (nSPS) is 14.2. The number of benzene rings is 1. The standard InChI is InChI=1S/C20H21N5O3/c1-14-3-2-4-16-19(14)22-13-25(20(16)27)12-18(26)23-15-5-6-17(21-11-15)24-7-9-28-10-8-24/h2-6,11,13H,7-10,12H2,1H3,(H,23,26). The van der Waals surface area contributed by atoms with Gasteiger partial charge in [-0.3, -0.25) is 14.2 Å². The Hall–Kier alpha value is -3.26. The maximum absolute atomic E-state index is 12.6. The number of aryl methyl sites for hydroxylation is 1. The third-order valence-electron chi connectivity index (χ3n) is 4.74.